The van der Waals surface area contributed by atoms with E-state index in [0.29, 0.717) is 5.56 Å². The Balaban J connectivity index is 1.47. The summed E-state index contributed by atoms with van der Waals surface area (Å²) in [7, 11) is 1.95. The number of nitrogens with zero attached hydrogens (tertiary/aromatic N) is 5. The molecule has 1 aromatic heterocycles. The van der Waals surface area contributed by atoms with Gasteiger partial charge in [0, 0.05) is 43.7 Å². The topological polar surface area (TPSA) is 81.3 Å². The number of guanidine groups is 1. The maximum atomic E-state index is 9.20. The van der Waals surface area contributed by atoms with E-state index >= 15 is 0 Å². The molecule has 3 aliphatic rings. The second kappa shape index (κ2) is 8.20. The fourth-order valence-electron chi connectivity index (χ4n) is 5.17. The molecular weight excluding hydrogens is 386 g/mol. The summed E-state index contributed by atoms with van der Waals surface area (Å²) in [6.07, 6.45) is 6.47. The first-order valence-electron chi connectivity index (χ1n) is 11.1. The monoisotopic (exact) mass is 415 g/mol. The lowest BCUT2D eigenvalue weighted by atomic mass is 9.92. The summed E-state index contributed by atoms with van der Waals surface area (Å²) in [6.45, 7) is 6.40. The van der Waals surface area contributed by atoms with Crippen molar-refractivity contribution in [3.8, 4) is 6.07 Å². The predicted octanol–water partition coefficient (Wildman–Crippen LogP) is 2.57. The summed E-state index contributed by atoms with van der Waals surface area (Å²) in [5.74, 6) is 2.52. The van der Waals surface area contributed by atoms with Gasteiger partial charge >= 0.3 is 0 Å². The van der Waals surface area contributed by atoms with E-state index in [1.54, 1.807) is 0 Å². The highest BCUT2D eigenvalue weighted by molar-refractivity contribution is 5.88. The summed E-state index contributed by atoms with van der Waals surface area (Å²) in [4.78, 5) is 7.29. The Labute approximate surface area is 183 Å². The van der Waals surface area contributed by atoms with Crippen LogP contribution in [0.2, 0.25) is 0 Å². The van der Waals surface area contributed by atoms with Crippen LogP contribution in [0.5, 0.6) is 0 Å². The maximum Gasteiger partial charge on any atom is 0.199 e. The van der Waals surface area contributed by atoms with Crippen molar-refractivity contribution in [2.24, 2.45) is 23.9 Å². The van der Waals surface area contributed by atoms with E-state index in [4.69, 9.17) is 4.99 Å². The summed E-state index contributed by atoms with van der Waals surface area (Å²) < 4.78 is 1.85. The van der Waals surface area contributed by atoms with Crippen LogP contribution in [0.15, 0.2) is 41.7 Å². The third-order valence-corrected chi connectivity index (χ3v) is 6.93. The molecule has 0 amide bonds. The molecular formula is C24H29N7. The van der Waals surface area contributed by atoms with E-state index in [1.165, 1.54) is 12.8 Å². The van der Waals surface area contributed by atoms with Crippen LogP contribution in [0.1, 0.15) is 41.3 Å². The van der Waals surface area contributed by atoms with Crippen LogP contribution in [0.4, 0.5) is 0 Å². The van der Waals surface area contributed by atoms with E-state index < -0.39 is 0 Å². The number of hydrogen-bond donors (Lipinski definition) is 2. The van der Waals surface area contributed by atoms with Gasteiger partial charge in [-0.2, -0.15) is 10.4 Å². The molecule has 5 rings (SSSR count). The summed E-state index contributed by atoms with van der Waals surface area (Å²) >= 11 is 0. The number of aromatic nitrogens is 2. The number of nitrogens with one attached hydrogen (secondary N) is 2. The van der Waals surface area contributed by atoms with Crippen LogP contribution in [-0.4, -0.2) is 46.8 Å². The van der Waals surface area contributed by atoms with Gasteiger partial charge in [-0.15, -0.1) is 0 Å². The zero-order chi connectivity index (χ0) is 21.4. The van der Waals surface area contributed by atoms with Crippen molar-refractivity contribution < 1.29 is 0 Å². The largest absolute Gasteiger partial charge is 0.345 e. The quantitative estimate of drug-likeness (QED) is 0.788. The highest BCUT2D eigenvalue weighted by Gasteiger charge is 2.33. The fourth-order valence-corrected chi connectivity index (χ4v) is 5.17. The number of fused-ring (bicyclic) bond motifs is 1. The van der Waals surface area contributed by atoms with Gasteiger partial charge in [0.15, 0.2) is 5.96 Å². The Bertz CT molecular complexity index is 1040. The van der Waals surface area contributed by atoms with Crippen molar-refractivity contribution in [3.63, 3.8) is 0 Å². The number of aliphatic imine (C=N–C) groups is 1. The third-order valence-electron chi connectivity index (χ3n) is 6.93. The molecule has 2 aromatic rings. The molecule has 160 valence electrons. The first-order valence-corrected chi connectivity index (χ1v) is 11.1. The Morgan fingerprint density at radius 3 is 2.42 bits per heavy atom. The molecule has 0 aliphatic carbocycles. The van der Waals surface area contributed by atoms with Crippen LogP contribution in [0, 0.1) is 30.1 Å². The number of hydrogen-bond acceptors (Lipinski definition) is 6. The van der Waals surface area contributed by atoms with Crippen LogP contribution < -0.4 is 10.6 Å². The van der Waals surface area contributed by atoms with Gasteiger partial charge in [-0.3, -0.25) is 4.68 Å². The Morgan fingerprint density at radius 1 is 1.10 bits per heavy atom. The number of rotatable bonds is 2. The van der Waals surface area contributed by atoms with E-state index in [1.807, 2.05) is 49.1 Å². The molecule has 4 heterocycles. The Hall–Kier alpha value is -3.11. The first-order chi connectivity index (χ1) is 15.1. The molecule has 1 aromatic carbocycles. The summed E-state index contributed by atoms with van der Waals surface area (Å²) in [6, 6.07) is 10.0. The number of aryl methyl sites for hydroxylation is 2. The summed E-state index contributed by atoms with van der Waals surface area (Å²) in [5, 5.41) is 21.0. The minimum Gasteiger partial charge on any atom is -0.345 e. The third kappa shape index (κ3) is 3.84. The number of likely N-dealkylation sites (tertiary alicyclic amines) is 1. The zero-order valence-corrected chi connectivity index (χ0v) is 18.2. The van der Waals surface area contributed by atoms with Crippen molar-refractivity contribution in [2.75, 3.05) is 26.2 Å². The Morgan fingerprint density at radius 2 is 1.81 bits per heavy atom. The number of benzene rings is 1. The second-order valence-electron chi connectivity index (χ2n) is 8.89. The minimum atomic E-state index is -0.0347. The summed E-state index contributed by atoms with van der Waals surface area (Å²) in [5.41, 5.74) is 4.99. The molecule has 0 bridgehead atoms. The van der Waals surface area contributed by atoms with Crippen molar-refractivity contribution in [2.45, 2.75) is 25.8 Å². The molecule has 2 saturated heterocycles. The molecule has 3 unspecified atom stereocenters. The van der Waals surface area contributed by atoms with Crippen LogP contribution in [0.25, 0.3) is 5.57 Å². The van der Waals surface area contributed by atoms with Gasteiger partial charge in [-0.25, -0.2) is 4.99 Å². The molecule has 2 fully saturated rings. The predicted molar refractivity (Wildman–Crippen MR) is 121 cm³/mol. The molecule has 0 saturated carbocycles. The fraction of sp³-hybridized carbons (Fsp3) is 0.458. The van der Waals surface area contributed by atoms with Gasteiger partial charge < -0.3 is 15.5 Å². The van der Waals surface area contributed by atoms with Gasteiger partial charge in [-0.1, -0.05) is 12.1 Å². The molecule has 0 spiro atoms. The smallest absolute Gasteiger partial charge is 0.199 e. The van der Waals surface area contributed by atoms with E-state index in [-0.39, 0.29) is 6.04 Å². The van der Waals surface area contributed by atoms with Crippen LogP contribution in [-0.2, 0) is 7.05 Å². The van der Waals surface area contributed by atoms with Crippen LogP contribution in [0.3, 0.4) is 0 Å². The lowest BCUT2D eigenvalue weighted by molar-refractivity contribution is 0.400. The van der Waals surface area contributed by atoms with Crippen molar-refractivity contribution in [3.05, 3.63) is 59.0 Å². The second-order valence-corrected chi connectivity index (χ2v) is 8.89. The highest BCUT2D eigenvalue weighted by Crippen LogP contribution is 2.35. The van der Waals surface area contributed by atoms with E-state index in [2.05, 4.69) is 32.9 Å². The zero-order valence-electron chi connectivity index (χ0n) is 18.2. The first kappa shape index (κ1) is 19.8. The average Bonchev–Trinajstić information content (AvgIpc) is 3.32. The minimum absolute atomic E-state index is 0.0347. The molecule has 0 radical (unpaired) electrons. The molecule has 31 heavy (non-hydrogen) atoms. The molecule has 7 heteroatoms. The maximum absolute atomic E-state index is 9.20. The Kier molecular flexibility index (Phi) is 5.24. The SMILES string of the molecule is Cc1nn(C)cc1C1=CN=C(N2CCC3CNCC3CC2)NC1c1ccc(C#N)cc1. The normalized spacial score (nSPS) is 25.7. The lowest BCUT2D eigenvalue weighted by Crippen LogP contribution is -2.45. The van der Waals surface area contributed by atoms with E-state index in [9.17, 15) is 5.26 Å². The standard InChI is InChI=1S/C24H29N7/c1-16-22(15-30(2)29-16)21-14-27-24(28-23(21)18-5-3-17(11-25)4-6-18)31-9-7-19-12-26-13-20(19)8-10-31/h3-6,14-15,19-20,23,26H,7-10,12-13H2,1-2H3,(H,27,28). The van der Waals surface area contributed by atoms with Gasteiger partial charge in [-0.05, 0) is 62.4 Å². The highest BCUT2D eigenvalue weighted by atomic mass is 15.3. The van der Waals surface area contributed by atoms with E-state index in [0.717, 1.165) is 66.4 Å². The average molecular weight is 416 g/mol. The lowest BCUT2D eigenvalue weighted by Gasteiger charge is -2.33. The van der Waals surface area contributed by atoms with Crippen molar-refractivity contribution in [1.82, 2.24) is 25.3 Å². The van der Waals surface area contributed by atoms with Gasteiger partial charge in [0.25, 0.3) is 0 Å². The molecule has 7 nitrogen and oxygen atoms in total. The van der Waals surface area contributed by atoms with Crippen molar-refractivity contribution >= 4 is 11.5 Å². The van der Waals surface area contributed by atoms with Gasteiger partial charge in [0.2, 0.25) is 0 Å². The molecule has 3 aliphatic heterocycles. The van der Waals surface area contributed by atoms with Crippen LogP contribution >= 0.6 is 0 Å². The number of nitriles is 1. The van der Waals surface area contributed by atoms with Gasteiger partial charge in [0.05, 0.1) is 23.4 Å². The molecule has 3 atom stereocenters. The van der Waals surface area contributed by atoms with Crippen molar-refractivity contribution in [1.29, 1.82) is 5.26 Å². The van der Waals surface area contributed by atoms with Gasteiger partial charge in [0.1, 0.15) is 0 Å². The molecule has 2 N–H and O–H groups in total.